The molecule has 2 atom stereocenters. The highest BCUT2D eigenvalue weighted by atomic mass is 16.5. The van der Waals surface area contributed by atoms with E-state index in [2.05, 4.69) is 11.8 Å². The van der Waals surface area contributed by atoms with Gasteiger partial charge in [-0.05, 0) is 27.2 Å². The lowest BCUT2D eigenvalue weighted by Crippen LogP contribution is -2.59. The van der Waals surface area contributed by atoms with Crippen LogP contribution in [0.25, 0.3) is 0 Å². The van der Waals surface area contributed by atoms with Crippen LogP contribution < -0.4 is 5.73 Å². The van der Waals surface area contributed by atoms with Gasteiger partial charge >= 0.3 is 0 Å². The first kappa shape index (κ1) is 16.9. The summed E-state index contributed by atoms with van der Waals surface area (Å²) in [5.74, 6) is 0. The van der Waals surface area contributed by atoms with Crippen LogP contribution in [0, 0.1) is 0 Å². The summed E-state index contributed by atoms with van der Waals surface area (Å²) in [6, 6.07) is 0. The van der Waals surface area contributed by atoms with Crippen molar-refractivity contribution < 1.29 is 14.2 Å². The van der Waals surface area contributed by atoms with Crippen molar-refractivity contribution in [2.24, 2.45) is 5.73 Å². The predicted molar refractivity (Wildman–Crippen MR) is 76.4 cm³/mol. The van der Waals surface area contributed by atoms with Crippen LogP contribution in [0.4, 0.5) is 0 Å². The molecule has 0 aliphatic carbocycles. The number of hydrogen-bond donors (Lipinski definition) is 1. The van der Waals surface area contributed by atoms with Crippen molar-refractivity contribution in [2.75, 3.05) is 52.7 Å². The maximum Gasteiger partial charge on any atom is 0.0743 e. The summed E-state index contributed by atoms with van der Waals surface area (Å²) in [5.41, 5.74) is 6.00. The zero-order valence-electron chi connectivity index (χ0n) is 12.7. The molecule has 5 heteroatoms. The summed E-state index contributed by atoms with van der Waals surface area (Å²) in [5, 5.41) is 0. The number of hydrogen-bond acceptors (Lipinski definition) is 5. The molecule has 5 nitrogen and oxygen atoms in total. The molecule has 2 N–H and O–H groups in total. The highest BCUT2D eigenvalue weighted by Gasteiger charge is 2.44. The van der Waals surface area contributed by atoms with Crippen molar-refractivity contribution >= 4 is 0 Å². The Morgan fingerprint density at radius 3 is 2.16 bits per heavy atom. The molecule has 114 valence electrons. The third-order valence-corrected chi connectivity index (χ3v) is 4.06. The zero-order valence-corrected chi connectivity index (χ0v) is 12.7. The molecule has 0 aromatic heterocycles. The van der Waals surface area contributed by atoms with Gasteiger partial charge in [0.15, 0.2) is 0 Å². The minimum Gasteiger partial charge on any atom is -0.380 e. The molecule has 0 amide bonds. The van der Waals surface area contributed by atoms with Gasteiger partial charge in [-0.2, -0.15) is 0 Å². The minimum atomic E-state index is -0.0613. The average Bonchev–Trinajstić information content (AvgIpc) is 2.79. The summed E-state index contributed by atoms with van der Waals surface area (Å²) in [4.78, 5) is 2.40. The van der Waals surface area contributed by atoms with E-state index in [0.717, 1.165) is 52.5 Å². The monoisotopic (exact) mass is 274 g/mol. The van der Waals surface area contributed by atoms with Crippen molar-refractivity contribution in [2.45, 2.75) is 38.8 Å². The summed E-state index contributed by atoms with van der Waals surface area (Å²) in [7, 11) is 0. The Morgan fingerprint density at radius 1 is 1.21 bits per heavy atom. The second-order valence-electron chi connectivity index (χ2n) is 4.95. The van der Waals surface area contributed by atoms with Gasteiger partial charge in [-0.15, -0.1) is 0 Å². The Kier molecular flexibility index (Phi) is 7.87. The molecule has 2 unspecified atom stereocenters. The van der Waals surface area contributed by atoms with Gasteiger partial charge in [0.1, 0.15) is 0 Å². The second-order valence-corrected chi connectivity index (χ2v) is 4.95. The minimum absolute atomic E-state index is 0.0613. The molecule has 1 rings (SSSR count). The molecule has 1 fully saturated rings. The molecular weight excluding hydrogens is 244 g/mol. The van der Waals surface area contributed by atoms with Gasteiger partial charge in [-0.25, -0.2) is 0 Å². The third kappa shape index (κ3) is 4.39. The highest BCUT2D eigenvalue weighted by molar-refractivity contribution is 5.00. The highest BCUT2D eigenvalue weighted by Crippen LogP contribution is 2.31. The average molecular weight is 274 g/mol. The van der Waals surface area contributed by atoms with Crippen LogP contribution >= 0.6 is 0 Å². The van der Waals surface area contributed by atoms with Gasteiger partial charge in [0.25, 0.3) is 0 Å². The molecule has 1 heterocycles. The van der Waals surface area contributed by atoms with E-state index >= 15 is 0 Å². The summed E-state index contributed by atoms with van der Waals surface area (Å²) in [6.45, 7) is 12.3. The zero-order chi connectivity index (χ0) is 14.1. The SMILES string of the molecule is CCOCCN(CCOCC)C1(CN)CCOC1C. The molecule has 1 aliphatic heterocycles. The normalized spacial score (nSPS) is 27.3. The first-order valence-corrected chi connectivity index (χ1v) is 7.43. The predicted octanol–water partition coefficient (Wildman–Crippen LogP) is 0.868. The lowest BCUT2D eigenvalue weighted by atomic mass is 9.89. The lowest BCUT2D eigenvalue weighted by Gasteiger charge is -2.42. The number of nitrogens with zero attached hydrogens (tertiary/aromatic N) is 1. The van der Waals surface area contributed by atoms with Crippen LogP contribution in [0.2, 0.25) is 0 Å². The van der Waals surface area contributed by atoms with Gasteiger partial charge < -0.3 is 19.9 Å². The van der Waals surface area contributed by atoms with Crippen molar-refractivity contribution in [3.63, 3.8) is 0 Å². The molecule has 0 aromatic rings. The fraction of sp³-hybridized carbons (Fsp3) is 1.00. The molecule has 0 aromatic carbocycles. The van der Waals surface area contributed by atoms with Gasteiger partial charge in [0, 0.05) is 39.5 Å². The van der Waals surface area contributed by atoms with E-state index in [-0.39, 0.29) is 11.6 Å². The van der Waals surface area contributed by atoms with Crippen LogP contribution in [0.3, 0.4) is 0 Å². The van der Waals surface area contributed by atoms with E-state index in [0.29, 0.717) is 6.54 Å². The third-order valence-electron chi connectivity index (χ3n) is 4.06. The number of nitrogens with two attached hydrogens (primary N) is 1. The Bertz CT molecular complexity index is 231. The van der Waals surface area contributed by atoms with E-state index in [1.165, 1.54) is 0 Å². The standard InChI is InChI=1S/C14H30N2O3/c1-4-17-10-7-16(8-11-18-5-2)14(12-15)6-9-19-13(14)3/h13H,4-12,15H2,1-3H3. The maximum absolute atomic E-state index is 6.07. The number of rotatable bonds is 10. The van der Waals surface area contributed by atoms with Crippen LogP contribution in [-0.4, -0.2) is 69.2 Å². The van der Waals surface area contributed by atoms with Crippen LogP contribution in [0.5, 0.6) is 0 Å². The molecule has 0 bridgehead atoms. The molecule has 0 saturated carbocycles. The molecule has 1 saturated heterocycles. The summed E-state index contributed by atoms with van der Waals surface area (Å²) >= 11 is 0. The Morgan fingerprint density at radius 2 is 1.79 bits per heavy atom. The molecule has 19 heavy (non-hydrogen) atoms. The van der Waals surface area contributed by atoms with E-state index in [1.54, 1.807) is 0 Å². The molecule has 1 aliphatic rings. The molecule has 0 spiro atoms. The van der Waals surface area contributed by atoms with E-state index < -0.39 is 0 Å². The van der Waals surface area contributed by atoms with E-state index in [4.69, 9.17) is 19.9 Å². The summed E-state index contributed by atoms with van der Waals surface area (Å²) in [6.07, 6.45) is 1.16. The smallest absolute Gasteiger partial charge is 0.0743 e. The Labute approximate surface area is 117 Å². The van der Waals surface area contributed by atoms with Gasteiger partial charge in [-0.1, -0.05) is 0 Å². The lowest BCUT2D eigenvalue weighted by molar-refractivity contribution is -0.0155. The van der Waals surface area contributed by atoms with Gasteiger partial charge in [0.2, 0.25) is 0 Å². The number of ether oxygens (including phenoxy) is 3. The quantitative estimate of drug-likeness (QED) is 0.599. The maximum atomic E-state index is 6.07. The largest absolute Gasteiger partial charge is 0.380 e. The van der Waals surface area contributed by atoms with Crippen LogP contribution in [0.1, 0.15) is 27.2 Å². The first-order chi connectivity index (χ1) is 9.21. The summed E-state index contributed by atoms with van der Waals surface area (Å²) < 4.78 is 16.7. The first-order valence-electron chi connectivity index (χ1n) is 7.43. The molecule has 0 radical (unpaired) electrons. The fourth-order valence-corrected chi connectivity index (χ4v) is 2.78. The Hall–Kier alpha value is -0.200. The van der Waals surface area contributed by atoms with Crippen LogP contribution in [0.15, 0.2) is 0 Å². The van der Waals surface area contributed by atoms with Crippen molar-refractivity contribution in [3.8, 4) is 0 Å². The van der Waals surface area contributed by atoms with Gasteiger partial charge in [-0.3, -0.25) is 4.90 Å². The van der Waals surface area contributed by atoms with Crippen LogP contribution in [-0.2, 0) is 14.2 Å². The van der Waals surface area contributed by atoms with Crippen molar-refractivity contribution in [1.29, 1.82) is 0 Å². The Balaban J connectivity index is 2.62. The van der Waals surface area contributed by atoms with E-state index in [9.17, 15) is 0 Å². The fourth-order valence-electron chi connectivity index (χ4n) is 2.78. The van der Waals surface area contributed by atoms with E-state index in [1.807, 2.05) is 13.8 Å². The van der Waals surface area contributed by atoms with Crippen molar-refractivity contribution in [1.82, 2.24) is 4.90 Å². The second kappa shape index (κ2) is 8.87. The topological polar surface area (TPSA) is 57.0 Å². The van der Waals surface area contributed by atoms with Crippen molar-refractivity contribution in [3.05, 3.63) is 0 Å². The molecular formula is C14H30N2O3. The van der Waals surface area contributed by atoms with Gasteiger partial charge in [0.05, 0.1) is 24.9 Å².